The Morgan fingerprint density at radius 2 is 1.64 bits per heavy atom. The minimum Gasteiger partial charge on any atom is -0.382 e. The van der Waals surface area contributed by atoms with Crippen molar-refractivity contribution in [1.82, 2.24) is 4.98 Å². The van der Waals surface area contributed by atoms with Crippen LogP contribution in [-0.4, -0.2) is 37.1 Å². The molecule has 0 radical (unpaired) electrons. The van der Waals surface area contributed by atoms with Crippen molar-refractivity contribution in [2.45, 2.75) is 13.8 Å². The molecule has 0 bridgehead atoms. The van der Waals surface area contributed by atoms with Crippen LogP contribution >= 0.6 is 0 Å². The lowest BCUT2D eigenvalue weighted by molar-refractivity contribution is 0.103. The fourth-order valence-corrected chi connectivity index (χ4v) is 4.61. The van der Waals surface area contributed by atoms with Crippen LogP contribution in [0.2, 0.25) is 0 Å². The van der Waals surface area contributed by atoms with Gasteiger partial charge in [-0.2, -0.15) is 0 Å². The van der Waals surface area contributed by atoms with E-state index >= 15 is 0 Å². The summed E-state index contributed by atoms with van der Waals surface area (Å²) in [5.41, 5.74) is 13.5. The Balaban J connectivity index is 1.63. The zero-order valence-corrected chi connectivity index (χ0v) is 19.0. The van der Waals surface area contributed by atoms with Crippen molar-refractivity contribution in [2.24, 2.45) is 0 Å². The summed E-state index contributed by atoms with van der Waals surface area (Å²) in [4.78, 5) is 20.4. The van der Waals surface area contributed by atoms with Crippen LogP contribution in [0.4, 0.5) is 11.5 Å². The second kappa shape index (κ2) is 8.68. The van der Waals surface area contributed by atoms with E-state index in [0.29, 0.717) is 24.6 Å². The van der Waals surface area contributed by atoms with Crippen molar-refractivity contribution in [3.8, 4) is 11.1 Å². The van der Waals surface area contributed by atoms with Gasteiger partial charge in [0.25, 0.3) is 0 Å². The zero-order chi connectivity index (χ0) is 22.9. The van der Waals surface area contributed by atoms with E-state index in [4.69, 9.17) is 10.5 Å². The van der Waals surface area contributed by atoms with Crippen molar-refractivity contribution in [1.29, 1.82) is 0 Å². The molecule has 5 heteroatoms. The third-order valence-corrected chi connectivity index (χ3v) is 6.37. The van der Waals surface area contributed by atoms with Crippen molar-refractivity contribution >= 4 is 28.2 Å². The van der Waals surface area contributed by atoms with Crippen LogP contribution in [-0.2, 0) is 4.74 Å². The minimum atomic E-state index is 0.0383. The molecule has 0 unspecified atom stereocenters. The Bertz CT molecular complexity index is 1360. The number of aromatic nitrogens is 1. The average molecular weight is 438 g/mol. The molecule has 2 N–H and O–H groups in total. The standard InChI is InChI=1S/C28H27N3O2/c1-18-6-3-4-8-22(18)27(32)23-9-5-7-19(2)26(23)20-10-11-24-21(16-20)17-25(28(29)30-24)31-12-14-33-15-13-31/h3-11,16-17H,12-15H2,1-2H3,(H2,29,30). The molecule has 166 valence electrons. The fraction of sp³-hybridized carbons (Fsp3) is 0.214. The number of benzene rings is 3. The van der Waals surface area contributed by atoms with E-state index in [0.717, 1.165) is 57.5 Å². The number of nitrogens with two attached hydrogens (primary N) is 1. The van der Waals surface area contributed by atoms with Gasteiger partial charge in [-0.15, -0.1) is 0 Å². The second-order valence-electron chi connectivity index (χ2n) is 8.54. The van der Waals surface area contributed by atoms with E-state index in [-0.39, 0.29) is 5.78 Å². The van der Waals surface area contributed by atoms with E-state index in [1.807, 2.05) is 55.5 Å². The molecule has 1 saturated heterocycles. The molecular formula is C28H27N3O2. The van der Waals surface area contributed by atoms with Crippen LogP contribution in [0.5, 0.6) is 0 Å². The SMILES string of the molecule is Cc1ccccc1C(=O)c1cccc(C)c1-c1ccc2nc(N)c(N3CCOCC3)cc2c1. The molecular weight excluding hydrogens is 410 g/mol. The number of hydrogen-bond acceptors (Lipinski definition) is 5. The number of morpholine rings is 1. The van der Waals surface area contributed by atoms with Gasteiger partial charge in [-0.1, -0.05) is 48.5 Å². The summed E-state index contributed by atoms with van der Waals surface area (Å²) < 4.78 is 5.48. The molecule has 3 aromatic carbocycles. The van der Waals surface area contributed by atoms with E-state index in [1.165, 1.54) is 0 Å². The van der Waals surface area contributed by atoms with Gasteiger partial charge in [-0.25, -0.2) is 4.98 Å². The maximum Gasteiger partial charge on any atom is 0.193 e. The molecule has 5 nitrogen and oxygen atoms in total. The van der Waals surface area contributed by atoms with Gasteiger partial charge in [0.15, 0.2) is 5.78 Å². The highest BCUT2D eigenvalue weighted by Gasteiger charge is 2.19. The number of hydrogen-bond donors (Lipinski definition) is 1. The molecule has 1 fully saturated rings. The van der Waals surface area contributed by atoms with Gasteiger partial charge in [0.2, 0.25) is 0 Å². The number of nitrogens with zero attached hydrogens (tertiary/aromatic N) is 2. The fourth-order valence-electron chi connectivity index (χ4n) is 4.61. The number of ether oxygens (including phenoxy) is 1. The number of rotatable bonds is 4. The van der Waals surface area contributed by atoms with E-state index in [1.54, 1.807) is 0 Å². The second-order valence-corrected chi connectivity index (χ2v) is 8.54. The Morgan fingerprint density at radius 3 is 2.42 bits per heavy atom. The van der Waals surface area contributed by atoms with Gasteiger partial charge in [0, 0.05) is 29.6 Å². The van der Waals surface area contributed by atoms with Crippen LogP contribution in [0.15, 0.2) is 66.7 Å². The molecule has 0 amide bonds. The molecule has 1 aliphatic heterocycles. The maximum absolute atomic E-state index is 13.5. The molecule has 5 rings (SSSR count). The summed E-state index contributed by atoms with van der Waals surface area (Å²) in [7, 11) is 0. The summed E-state index contributed by atoms with van der Waals surface area (Å²) in [5.74, 6) is 0.569. The Morgan fingerprint density at radius 1 is 0.909 bits per heavy atom. The lowest BCUT2D eigenvalue weighted by Crippen LogP contribution is -2.36. The van der Waals surface area contributed by atoms with Crippen LogP contribution in [0, 0.1) is 13.8 Å². The highest BCUT2D eigenvalue weighted by Crippen LogP contribution is 2.34. The van der Waals surface area contributed by atoms with Crippen molar-refractivity contribution in [2.75, 3.05) is 36.9 Å². The Hall–Kier alpha value is -3.70. The predicted molar refractivity (Wildman–Crippen MR) is 134 cm³/mol. The lowest BCUT2D eigenvalue weighted by atomic mass is 9.89. The first-order chi connectivity index (χ1) is 16.0. The molecule has 0 spiro atoms. The highest BCUT2D eigenvalue weighted by atomic mass is 16.5. The number of pyridine rings is 1. The minimum absolute atomic E-state index is 0.0383. The zero-order valence-electron chi connectivity index (χ0n) is 19.0. The average Bonchev–Trinajstić information content (AvgIpc) is 2.84. The maximum atomic E-state index is 13.5. The Kier molecular flexibility index (Phi) is 5.56. The van der Waals surface area contributed by atoms with Gasteiger partial charge in [-0.3, -0.25) is 4.79 Å². The summed E-state index contributed by atoms with van der Waals surface area (Å²) in [6, 6.07) is 21.9. The molecule has 0 atom stereocenters. The smallest absolute Gasteiger partial charge is 0.193 e. The van der Waals surface area contributed by atoms with Crippen LogP contribution in [0.1, 0.15) is 27.0 Å². The van der Waals surface area contributed by atoms with Crippen LogP contribution in [0.25, 0.3) is 22.0 Å². The van der Waals surface area contributed by atoms with E-state index in [2.05, 4.69) is 35.0 Å². The normalized spacial score (nSPS) is 13.9. The number of fused-ring (bicyclic) bond motifs is 1. The first-order valence-electron chi connectivity index (χ1n) is 11.3. The van der Waals surface area contributed by atoms with E-state index < -0.39 is 0 Å². The summed E-state index contributed by atoms with van der Waals surface area (Å²) >= 11 is 0. The van der Waals surface area contributed by atoms with Crippen molar-refractivity contribution in [3.05, 3.63) is 89.0 Å². The third kappa shape index (κ3) is 3.96. The predicted octanol–water partition coefficient (Wildman–Crippen LogP) is 5.17. The number of anilines is 2. The summed E-state index contributed by atoms with van der Waals surface area (Å²) in [6.07, 6.45) is 0. The van der Waals surface area contributed by atoms with Gasteiger partial charge in [0.1, 0.15) is 5.82 Å². The first-order valence-corrected chi connectivity index (χ1v) is 11.3. The molecule has 2 heterocycles. The third-order valence-electron chi connectivity index (χ3n) is 6.37. The van der Waals surface area contributed by atoms with Gasteiger partial charge in [0.05, 0.1) is 24.4 Å². The topological polar surface area (TPSA) is 68.5 Å². The summed E-state index contributed by atoms with van der Waals surface area (Å²) in [6.45, 7) is 6.99. The van der Waals surface area contributed by atoms with Crippen LogP contribution < -0.4 is 10.6 Å². The monoisotopic (exact) mass is 437 g/mol. The van der Waals surface area contributed by atoms with Crippen molar-refractivity contribution < 1.29 is 9.53 Å². The molecule has 33 heavy (non-hydrogen) atoms. The number of carbonyl (C=O) groups is 1. The number of nitrogen functional groups attached to an aromatic ring is 1. The number of carbonyl (C=O) groups excluding carboxylic acids is 1. The lowest BCUT2D eigenvalue weighted by Gasteiger charge is -2.29. The summed E-state index contributed by atoms with van der Waals surface area (Å²) in [5, 5.41) is 1.00. The molecule has 0 saturated carbocycles. The van der Waals surface area contributed by atoms with Gasteiger partial charge in [-0.05, 0) is 54.3 Å². The Labute approximate surface area is 193 Å². The van der Waals surface area contributed by atoms with Gasteiger partial charge >= 0.3 is 0 Å². The quantitative estimate of drug-likeness (QED) is 0.446. The molecule has 1 aliphatic rings. The van der Waals surface area contributed by atoms with Crippen molar-refractivity contribution in [3.63, 3.8) is 0 Å². The molecule has 0 aliphatic carbocycles. The first kappa shape index (κ1) is 21.2. The highest BCUT2D eigenvalue weighted by molar-refractivity contribution is 6.14. The number of aryl methyl sites for hydroxylation is 2. The van der Waals surface area contributed by atoms with Crippen LogP contribution in [0.3, 0.4) is 0 Å². The number of ketones is 1. The van der Waals surface area contributed by atoms with Gasteiger partial charge < -0.3 is 15.4 Å². The largest absolute Gasteiger partial charge is 0.382 e. The van der Waals surface area contributed by atoms with E-state index in [9.17, 15) is 4.79 Å². The molecule has 4 aromatic rings. The molecule has 1 aromatic heterocycles.